The van der Waals surface area contributed by atoms with Crippen LogP contribution in [0.1, 0.15) is 51.6 Å². The van der Waals surface area contributed by atoms with Gasteiger partial charge in [-0.3, -0.25) is 9.59 Å². The van der Waals surface area contributed by atoms with E-state index in [1.54, 1.807) is 0 Å². The molecular weight excluding hydrogens is 330 g/mol. The van der Waals surface area contributed by atoms with Crippen molar-refractivity contribution in [1.29, 1.82) is 0 Å². The van der Waals surface area contributed by atoms with Crippen molar-refractivity contribution in [3.05, 3.63) is 51.5 Å². The molecule has 0 amide bonds. The van der Waals surface area contributed by atoms with Gasteiger partial charge < -0.3 is 15.6 Å². The van der Waals surface area contributed by atoms with Crippen molar-refractivity contribution in [3.8, 4) is 11.5 Å². The Balaban J connectivity index is 2.15. The number of aromatic hydroxyl groups is 1. The predicted octanol–water partition coefficient (Wildman–Crippen LogP) is 3.58. The lowest BCUT2D eigenvalue weighted by Gasteiger charge is -2.21. The maximum Gasteiger partial charge on any atom is 0.198 e. The number of fused-ring (bicyclic) bond motifs is 2. The van der Waals surface area contributed by atoms with E-state index in [9.17, 15) is 14.7 Å². The quantitative estimate of drug-likeness (QED) is 0.428. The van der Waals surface area contributed by atoms with E-state index in [4.69, 9.17) is 22.1 Å². The molecule has 0 aromatic heterocycles. The number of nitrogen functional groups attached to an aromatic ring is 1. The van der Waals surface area contributed by atoms with Crippen LogP contribution in [0.2, 0.25) is 5.02 Å². The molecule has 1 aliphatic carbocycles. The Bertz CT molecular complexity index is 861. The number of carbonyl (C=O) groups excluding carboxylic acids is 2. The number of hydrogen-bond donors (Lipinski definition) is 2. The Labute approximate surface area is 144 Å². The summed E-state index contributed by atoms with van der Waals surface area (Å²) in [4.78, 5) is 25.5. The lowest BCUT2D eigenvalue weighted by molar-refractivity contribution is 0.0976. The first-order valence-corrected chi connectivity index (χ1v) is 8.00. The number of phenols is 1. The molecule has 24 heavy (non-hydrogen) atoms. The lowest BCUT2D eigenvalue weighted by atomic mass is 9.82. The zero-order chi connectivity index (χ0) is 17.4. The summed E-state index contributed by atoms with van der Waals surface area (Å²) in [6, 6.07) is 5.81. The second-order valence-electron chi connectivity index (χ2n) is 5.61. The van der Waals surface area contributed by atoms with E-state index >= 15 is 0 Å². The first kappa shape index (κ1) is 16.3. The second-order valence-corrected chi connectivity index (χ2v) is 6.05. The summed E-state index contributed by atoms with van der Waals surface area (Å²) in [6.07, 6.45) is 1.72. The number of ether oxygens (including phenoxy) is 1. The molecule has 0 fully saturated rings. The molecule has 0 saturated heterocycles. The van der Waals surface area contributed by atoms with Crippen molar-refractivity contribution in [2.24, 2.45) is 0 Å². The van der Waals surface area contributed by atoms with Crippen LogP contribution in [0.15, 0.2) is 24.3 Å². The van der Waals surface area contributed by atoms with Crippen LogP contribution in [0, 0.1) is 0 Å². The lowest BCUT2D eigenvalue weighted by Crippen LogP contribution is -2.23. The summed E-state index contributed by atoms with van der Waals surface area (Å²) in [6.45, 7) is 2.39. The number of rotatable bonds is 4. The highest BCUT2D eigenvalue weighted by atomic mass is 35.5. The minimum Gasteiger partial charge on any atom is -0.504 e. The molecule has 0 radical (unpaired) electrons. The minimum atomic E-state index is -0.471. The molecule has 0 spiro atoms. The summed E-state index contributed by atoms with van der Waals surface area (Å²) in [7, 11) is 0. The van der Waals surface area contributed by atoms with Gasteiger partial charge in [-0.05, 0) is 24.6 Å². The molecule has 0 aliphatic heterocycles. The van der Waals surface area contributed by atoms with E-state index in [-0.39, 0.29) is 39.4 Å². The summed E-state index contributed by atoms with van der Waals surface area (Å²) in [5.41, 5.74) is 6.33. The van der Waals surface area contributed by atoms with Crippen LogP contribution in [0.3, 0.4) is 0 Å². The van der Waals surface area contributed by atoms with Crippen LogP contribution in [-0.2, 0) is 0 Å². The van der Waals surface area contributed by atoms with E-state index in [1.807, 2.05) is 6.92 Å². The number of ketones is 2. The average molecular weight is 346 g/mol. The summed E-state index contributed by atoms with van der Waals surface area (Å²) in [5.74, 6) is -1.15. The van der Waals surface area contributed by atoms with Crippen LogP contribution in [-0.4, -0.2) is 23.3 Å². The van der Waals surface area contributed by atoms with Crippen LogP contribution < -0.4 is 10.5 Å². The third-order valence-electron chi connectivity index (χ3n) is 3.98. The SMILES string of the molecule is CCCCOc1cc(N)c2c(c1O)C(=O)c1ccc(Cl)cc1C2=O. The number of nitrogens with two attached hydrogens (primary N) is 1. The molecule has 3 N–H and O–H groups in total. The first-order valence-electron chi connectivity index (χ1n) is 7.62. The number of unbranched alkanes of at least 4 members (excludes halogenated alkanes) is 1. The van der Waals surface area contributed by atoms with E-state index in [1.165, 1.54) is 24.3 Å². The number of halogens is 1. The van der Waals surface area contributed by atoms with E-state index < -0.39 is 11.6 Å². The predicted molar refractivity (Wildman–Crippen MR) is 91.2 cm³/mol. The Hall–Kier alpha value is -2.53. The molecule has 2 aromatic carbocycles. The average Bonchev–Trinajstić information content (AvgIpc) is 2.55. The maximum absolute atomic E-state index is 12.8. The highest BCUT2D eigenvalue weighted by Crippen LogP contribution is 2.42. The second kappa shape index (κ2) is 6.17. The number of benzene rings is 2. The topological polar surface area (TPSA) is 89.6 Å². The van der Waals surface area contributed by atoms with E-state index in [0.29, 0.717) is 11.6 Å². The Kier molecular flexibility index (Phi) is 4.20. The summed E-state index contributed by atoms with van der Waals surface area (Å²) >= 11 is 5.92. The smallest absolute Gasteiger partial charge is 0.198 e. The fourth-order valence-electron chi connectivity index (χ4n) is 2.74. The zero-order valence-corrected chi connectivity index (χ0v) is 13.8. The molecule has 0 unspecified atom stereocenters. The van der Waals surface area contributed by atoms with Crippen molar-refractivity contribution in [2.75, 3.05) is 12.3 Å². The number of anilines is 1. The Morgan fingerprint density at radius 1 is 1.12 bits per heavy atom. The van der Waals surface area contributed by atoms with Gasteiger partial charge in [0.15, 0.2) is 23.1 Å². The van der Waals surface area contributed by atoms with E-state index in [0.717, 1.165) is 12.8 Å². The highest BCUT2D eigenvalue weighted by Gasteiger charge is 2.35. The molecule has 3 rings (SSSR count). The van der Waals surface area contributed by atoms with E-state index in [2.05, 4.69) is 0 Å². The molecule has 0 bridgehead atoms. The minimum absolute atomic E-state index is 0.00453. The molecule has 0 heterocycles. The van der Waals surface area contributed by atoms with Gasteiger partial charge in [-0.25, -0.2) is 0 Å². The van der Waals surface area contributed by atoms with Gasteiger partial charge in [0.25, 0.3) is 0 Å². The Morgan fingerprint density at radius 2 is 1.83 bits per heavy atom. The van der Waals surface area contributed by atoms with Gasteiger partial charge in [0.05, 0.1) is 17.7 Å². The number of carbonyl (C=O) groups is 2. The van der Waals surface area contributed by atoms with Crippen molar-refractivity contribution in [2.45, 2.75) is 19.8 Å². The first-order chi connectivity index (χ1) is 11.5. The summed E-state index contributed by atoms with van der Waals surface area (Å²) < 4.78 is 5.50. The van der Waals surface area contributed by atoms with Crippen molar-refractivity contribution in [1.82, 2.24) is 0 Å². The highest BCUT2D eigenvalue weighted by molar-refractivity contribution is 6.34. The molecule has 6 heteroatoms. The van der Waals surface area contributed by atoms with Gasteiger partial charge in [-0.2, -0.15) is 0 Å². The normalized spacial score (nSPS) is 12.8. The molecule has 2 aromatic rings. The summed E-state index contributed by atoms with van der Waals surface area (Å²) in [5, 5.41) is 10.8. The van der Waals surface area contributed by atoms with Gasteiger partial charge in [0.2, 0.25) is 0 Å². The number of phenolic OH excluding ortho intramolecular Hbond substituents is 1. The van der Waals surface area contributed by atoms with Gasteiger partial charge in [0.1, 0.15) is 0 Å². The fraction of sp³-hybridized carbons (Fsp3) is 0.222. The van der Waals surface area contributed by atoms with Crippen molar-refractivity contribution < 1.29 is 19.4 Å². The maximum atomic E-state index is 12.8. The zero-order valence-electron chi connectivity index (χ0n) is 13.1. The van der Waals surface area contributed by atoms with Gasteiger partial charge in [-0.1, -0.05) is 24.9 Å². The molecule has 5 nitrogen and oxygen atoms in total. The largest absolute Gasteiger partial charge is 0.504 e. The van der Waals surface area contributed by atoms with Crippen molar-refractivity contribution in [3.63, 3.8) is 0 Å². The van der Waals surface area contributed by atoms with Gasteiger partial charge in [0, 0.05) is 27.9 Å². The monoisotopic (exact) mass is 345 g/mol. The van der Waals surface area contributed by atoms with Gasteiger partial charge in [-0.15, -0.1) is 0 Å². The van der Waals surface area contributed by atoms with Crippen LogP contribution in [0.25, 0.3) is 0 Å². The molecular formula is C18H16ClNO4. The standard InChI is InChI=1S/C18H16ClNO4/c1-2-3-6-24-13-8-12(20)14-15(18(13)23)16(21)10-5-4-9(19)7-11(10)17(14)22/h4-5,7-8,23H,2-3,6,20H2,1H3. The molecule has 0 saturated carbocycles. The van der Waals surface area contributed by atoms with Crippen LogP contribution >= 0.6 is 11.6 Å². The van der Waals surface area contributed by atoms with Gasteiger partial charge >= 0.3 is 0 Å². The van der Waals surface area contributed by atoms with Crippen molar-refractivity contribution >= 4 is 28.9 Å². The molecule has 1 aliphatic rings. The number of hydrogen-bond acceptors (Lipinski definition) is 5. The Morgan fingerprint density at radius 3 is 2.54 bits per heavy atom. The van der Waals surface area contributed by atoms with Crippen LogP contribution in [0.4, 0.5) is 5.69 Å². The molecule has 0 atom stereocenters. The third-order valence-corrected chi connectivity index (χ3v) is 4.21. The van der Waals surface area contributed by atoms with Crippen LogP contribution in [0.5, 0.6) is 11.5 Å². The fourth-order valence-corrected chi connectivity index (χ4v) is 2.91. The molecule has 124 valence electrons. The third kappa shape index (κ3) is 2.51.